The number of likely N-dealkylation sites (tertiary alicyclic amines) is 1. The first-order chi connectivity index (χ1) is 9.56. The molecule has 6 nitrogen and oxygen atoms in total. The molecule has 110 valence electrons. The maximum atomic E-state index is 10.9. The van der Waals surface area contributed by atoms with Gasteiger partial charge >= 0.3 is 6.09 Å². The molecule has 1 amide bonds. The number of benzene rings is 1. The number of rotatable bonds is 3. The second kappa shape index (κ2) is 6.00. The summed E-state index contributed by atoms with van der Waals surface area (Å²) in [6.07, 6.45) is -1.11. The second-order valence-corrected chi connectivity index (χ2v) is 4.81. The lowest BCUT2D eigenvalue weighted by molar-refractivity contribution is 0.0503. The molecule has 2 N–H and O–H groups in total. The van der Waals surface area contributed by atoms with Crippen LogP contribution in [0.25, 0.3) is 0 Å². The van der Waals surface area contributed by atoms with Crippen molar-refractivity contribution in [3.05, 3.63) is 23.8 Å². The number of aliphatic hydroxyl groups excluding tert-OH is 1. The summed E-state index contributed by atoms with van der Waals surface area (Å²) < 4.78 is 10.4. The summed E-state index contributed by atoms with van der Waals surface area (Å²) in [5, 5.41) is 19.1. The van der Waals surface area contributed by atoms with Crippen LogP contribution < -0.4 is 9.47 Å². The molecule has 2 rings (SSSR count). The number of carboxylic acid groups (broad SMARTS) is 1. The van der Waals surface area contributed by atoms with Crippen molar-refractivity contribution in [1.82, 2.24) is 4.90 Å². The molecule has 2 atom stereocenters. The zero-order valence-electron chi connectivity index (χ0n) is 11.6. The van der Waals surface area contributed by atoms with Gasteiger partial charge in [0.2, 0.25) is 0 Å². The largest absolute Gasteiger partial charge is 0.493 e. The molecule has 0 saturated carbocycles. The molecule has 0 aromatic heterocycles. The van der Waals surface area contributed by atoms with Crippen LogP contribution in [0.2, 0.25) is 0 Å². The predicted octanol–water partition coefficient (Wildman–Crippen LogP) is 1.53. The van der Waals surface area contributed by atoms with Gasteiger partial charge in [-0.15, -0.1) is 0 Å². The molecule has 1 aliphatic rings. The molecule has 2 unspecified atom stereocenters. The van der Waals surface area contributed by atoms with E-state index in [-0.39, 0.29) is 12.5 Å². The monoisotopic (exact) mass is 281 g/mol. The number of ether oxygens (including phenoxy) is 2. The number of piperidine rings is 1. The highest BCUT2D eigenvalue weighted by Crippen LogP contribution is 2.34. The molecule has 1 aromatic carbocycles. The summed E-state index contributed by atoms with van der Waals surface area (Å²) in [7, 11) is 3.13. The minimum Gasteiger partial charge on any atom is -0.493 e. The standard InChI is InChI=1S/C14H19NO5/c1-19-12-4-3-9(7-13(12)20-2)10-5-6-15(14(17)18)8-11(10)16/h3-4,7,10-11,16H,5-6,8H2,1-2H3,(H,17,18). The van der Waals surface area contributed by atoms with Gasteiger partial charge in [-0.05, 0) is 24.1 Å². The summed E-state index contributed by atoms with van der Waals surface area (Å²) in [6.45, 7) is 0.555. The van der Waals surface area contributed by atoms with Gasteiger partial charge in [0.05, 0.1) is 26.9 Å². The average Bonchev–Trinajstić information content (AvgIpc) is 2.46. The van der Waals surface area contributed by atoms with Gasteiger partial charge in [0.1, 0.15) is 0 Å². The third-order valence-corrected chi connectivity index (χ3v) is 3.69. The van der Waals surface area contributed by atoms with Crippen molar-refractivity contribution in [2.75, 3.05) is 27.3 Å². The number of hydrogen-bond acceptors (Lipinski definition) is 4. The fraction of sp³-hybridized carbons (Fsp3) is 0.500. The van der Waals surface area contributed by atoms with E-state index in [4.69, 9.17) is 14.6 Å². The second-order valence-electron chi connectivity index (χ2n) is 4.81. The Morgan fingerprint density at radius 1 is 1.30 bits per heavy atom. The Morgan fingerprint density at radius 2 is 2.00 bits per heavy atom. The lowest BCUT2D eigenvalue weighted by atomic mass is 9.87. The van der Waals surface area contributed by atoms with Crippen LogP contribution in [0.1, 0.15) is 17.9 Å². The van der Waals surface area contributed by atoms with Crippen LogP contribution in [0.4, 0.5) is 4.79 Å². The molecular weight excluding hydrogens is 262 g/mol. The van der Waals surface area contributed by atoms with Crippen molar-refractivity contribution < 1.29 is 24.5 Å². The lowest BCUT2D eigenvalue weighted by Crippen LogP contribution is -2.45. The molecule has 0 spiro atoms. The van der Waals surface area contributed by atoms with Crippen molar-refractivity contribution in [2.45, 2.75) is 18.4 Å². The maximum Gasteiger partial charge on any atom is 0.407 e. The quantitative estimate of drug-likeness (QED) is 0.878. The van der Waals surface area contributed by atoms with Crippen molar-refractivity contribution >= 4 is 6.09 Å². The first-order valence-electron chi connectivity index (χ1n) is 6.44. The zero-order valence-corrected chi connectivity index (χ0v) is 11.6. The molecular formula is C14H19NO5. The minimum absolute atomic E-state index is 0.0922. The van der Waals surface area contributed by atoms with Crippen LogP contribution in [0.5, 0.6) is 11.5 Å². The van der Waals surface area contributed by atoms with Crippen molar-refractivity contribution in [1.29, 1.82) is 0 Å². The van der Waals surface area contributed by atoms with Gasteiger partial charge in [0.25, 0.3) is 0 Å². The van der Waals surface area contributed by atoms with Crippen LogP contribution in [-0.2, 0) is 0 Å². The fourth-order valence-corrected chi connectivity index (χ4v) is 2.58. The molecule has 1 saturated heterocycles. The van der Waals surface area contributed by atoms with E-state index in [2.05, 4.69) is 0 Å². The number of amides is 1. The molecule has 0 aliphatic carbocycles. The van der Waals surface area contributed by atoms with Crippen LogP contribution in [0, 0.1) is 0 Å². The average molecular weight is 281 g/mol. The van der Waals surface area contributed by atoms with E-state index in [1.165, 1.54) is 4.90 Å². The fourth-order valence-electron chi connectivity index (χ4n) is 2.58. The topological polar surface area (TPSA) is 79.2 Å². The highest BCUT2D eigenvalue weighted by atomic mass is 16.5. The highest BCUT2D eigenvalue weighted by molar-refractivity contribution is 5.65. The minimum atomic E-state index is -0.991. The number of aliphatic hydroxyl groups is 1. The number of hydrogen-bond donors (Lipinski definition) is 2. The van der Waals surface area contributed by atoms with Crippen molar-refractivity contribution in [2.24, 2.45) is 0 Å². The van der Waals surface area contributed by atoms with Crippen LogP contribution in [0.3, 0.4) is 0 Å². The van der Waals surface area contributed by atoms with Crippen LogP contribution in [-0.4, -0.2) is 54.6 Å². The molecule has 0 radical (unpaired) electrons. The Morgan fingerprint density at radius 3 is 2.55 bits per heavy atom. The summed E-state index contributed by atoms with van der Waals surface area (Å²) in [5.41, 5.74) is 0.931. The molecule has 6 heteroatoms. The number of methoxy groups -OCH3 is 2. The van der Waals surface area contributed by atoms with Crippen LogP contribution in [0.15, 0.2) is 18.2 Å². The van der Waals surface area contributed by atoms with E-state index in [1.807, 2.05) is 12.1 Å². The van der Waals surface area contributed by atoms with Gasteiger partial charge in [0, 0.05) is 12.5 Å². The first kappa shape index (κ1) is 14.5. The third-order valence-electron chi connectivity index (χ3n) is 3.69. The molecule has 20 heavy (non-hydrogen) atoms. The zero-order chi connectivity index (χ0) is 14.7. The smallest absolute Gasteiger partial charge is 0.407 e. The molecule has 1 aromatic rings. The molecule has 1 heterocycles. The van der Waals surface area contributed by atoms with Gasteiger partial charge < -0.3 is 24.6 Å². The third kappa shape index (κ3) is 2.80. The van der Waals surface area contributed by atoms with E-state index in [0.29, 0.717) is 24.5 Å². The SMILES string of the molecule is COc1ccc(C2CCN(C(=O)O)CC2O)cc1OC. The van der Waals surface area contributed by atoms with E-state index in [9.17, 15) is 9.90 Å². The van der Waals surface area contributed by atoms with Gasteiger partial charge in [0.15, 0.2) is 11.5 Å². The van der Waals surface area contributed by atoms with Gasteiger partial charge in [-0.25, -0.2) is 4.79 Å². The van der Waals surface area contributed by atoms with E-state index in [0.717, 1.165) is 5.56 Å². The predicted molar refractivity (Wildman–Crippen MR) is 72.5 cm³/mol. The molecule has 0 bridgehead atoms. The molecule has 1 fully saturated rings. The Labute approximate surface area is 117 Å². The Hall–Kier alpha value is -1.95. The first-order valence-corrected chi connectivity index (χ1v) is 6.44. The summed E-state index contributed by atoms with van der Waals surface area (Å²) in [4.78, 5) is 12.1. The normalized spacial score (nSPS) is 22.4. The van der Waals surface area contributed by atoms with E-state index >= 15 is 0 Å². The summed E-state index contributed by atoms with van der Waals surface area (Å²) >= 11 is 0. The lowest BCUT2D eigenvalue weighted by Gasteiger charge is -2.34. The Bertz CT molecular complexity index is 490. The number of nitrogens with zero attached hydrogens (tertiary/aromatic N) is 1. The summed E-state index contributed by atoms with van der Waals surface area (Å²) in [5.74, 6) is 1.15. The summed E-state index contributed by atoms with van der Waals surface area (Å²) in [6, 6.07) is 5.51. The number of carbonyl (C=O) groups is 1. The van der Waals surface area contributed by atoms with E-state index in [1.54, 1.807) is 20.3 Å². The van der Waals surface area contributed by atoms with E-state index < -0.39 is 12.2 Å². The van der Waals surface area contributed by atoms with Gasteiger partial charge in [-0.1, -0.05) is 6.07 Å². The number of β-amino-alcohol motifs (C(OH)–C–C–N with tert-alkyl or cyclic N) is 1. The maximum absolute atomic E-state index is 10.9. The Balaban J connectivity index is 2.18. The Kier molecular flexibility index (Phi) is 4.34. The van der Waals surface area contributed by atoms with Crippen molar-refractivity contribution in [3.8, 4) is 11.5 Å². The molecule has 1 aliphatic heterocycles. The van der Waals surface area contributed by atoms with Crippen molar-refractivity contribution in [3.63, 3.8) is 0 Å². The van der Waals surface area contributed by atoms with Crippen LogP contribution >= 0.6 is 0 Å². The van der Waals surface area contributed by atoms with Gasteiger partial charge in [-0.3, -0.25) is 0 Å². The highest BCUT2D eigenvalue weighted by Gasteiger charge is 2.31. The van der Waals surface area contributed by atoms with Gasteiger partial charge in [-0.2, -0.15) is 0 Å².